The zero-order valence-electron chi connectivity index (χ0n) is 17.1. The van der Waals surface area contributed by atoms with E-state index in [2.05, 4.69) is 26.8 Å². The molecule has 0 aromatic heterocycles. The van der Waals surface area contributed by atoms with Crippen LogP contribution >= 0.6 is 0 Å². The van der Waals surface area contributed by atoms with Gasteiger partial charge in [-0.25, -0.2) is 0 Å². The summed E-state index contributed by atoms with van der Waals surface area (Å²) in [6.45, 7) is 6.63. The molecular formula is C24H26N2O3. The number of carbonyl (C=O) groups excluding carboxylic acids is 2. The number of hydrogen-bond donors (Lipinski definition) is 1. The van der Waals surface area contributed by atoms with Gasteiger partial charge >= 0.3 is 0 Å². The number of aliphatic hydroxyl groups is 1. The van der Waals surface area contributed by atoms with Crippen LogP contribution in [0.4, 0.5) is 5.69 Å². The van der Waals surface area contributed by atoms with Crippen LogP contribution in [0.15, 0.2) is 48.5 Å². The molecule has 1 N–H and O–H groups in total. The van der Waals surface area contributed by atoms with E-state index in [0.29, 0.717) is 36.2 Å². The zero-order valence-corrected chi connectivity index (χ0v) is 17.1. The maximum absolute atomic E-state index is 13.1. The van der Waals surface area contributed by atoms with Crippen LogP contribution in [0.5, 0.6) is 0 Å². The number of para-hydroxylation sites is 1. The topological polar surface area (TPSA) is 81.4 Å². The molecule has 0 spiro atoms. The van der Waals surface area contributed by atoms with Crippen molar-refractivity contribution >= 4 is 17.4 Å². The highest BCUT2D eigenvalue weighted by molar-refractivity contribution is 6.10. The SMILES string of the molecule is CC(C)(C)c1ccc(C(=O)C[C@]2(O)C(=O)N(CCCC#N)c3ccccc32)cc1. The van der Waals surface area contributed by atoms with E-state index in [1.54, 1.807) is 36.4 Å². The van der Waals surface area contributed by atoms with Crippen LogP contribution in [0.1, 0.15) is 61.5 Å². The molecule has 0 fully saturated rings. The van der Waals surface area contributed by atoms with Gasteiger partial charge in [0.05, 0.1) is 18.2 Å². The molecule has 1 amide bonds. The first-order chi connectivity index (χ1) is 13.7. The van der Waals surface area contributed by atoms with Crippen LogP contribution in [-0.2, 0) is 15.8 Å². The summed E-state index contributed by atoms with van der Waals surface area (Å²) in [5.74, 6) is -0.786. The second-order valence-electron chi connectivity index (χ2n) is 8.52. The summed E-state index contributed by atoms with van der Waals surface area (Å²) in [6.07, 6.45) is 0.519. The summed E-state index contributed by atoms with van der Waals surface area (Å²) in [6, 6.07) is 16.4. The molecule has 5 nitrogen and oxygen atoms in total. The van der Waals surface area contributed by atoms with Crippen LogP contribution in [0.25, 0.3) is 0 Å². The lowest BCUT2D eigenvalue weighted by Crippen LogP contribution is -2.42. The predicted molar refractivity (Wildman–Crippen MR) is 112 cm³/mol. The number of nitriles is 1. The van der Waals surface area contributed by atoms with Gasteiger partial charge < -0.3 is 10.0 Å². The molecule has 2 aromatic rings. The molecule has 0 aliphatic carbocycles. The molecular weight excluding hydrogens is 364 g/mol. The zero-order chi connectivity index (χ0) is 21.2. The van der Waals surface area contributed by atoms with E-state index < -0.39 is 11.5 Å². The van der Waals surface area contributed by atoms with Crippen LogP contribution < -0.4 is 4.90 Å². The summed E-state index contributed by atoms with van der Waals surface area (Å²) >= 11 is 0. The van der Waals surface area contributed by atoms with Gasteiger partial charge in [-0.1, -0.05) is 63.2 Å². The Bertz CT molecular complexity index is 967. The molecule has 0 saturated carbocycles. The van der Waals surface area contributed by atoms with Crippen molar-refractivity contribution < 1.29 is 14.7 Å². The molecule has 0 unspecified atom stereocenters. The van der Waals surface area contributed by atoms with Crippen LogP contribution in [0, 0.1) is 11.3 Å². The van der Waals surface area contributed by atoms with E-state index in [4.69, 9.17) is 5.26 Å². The molecule has 150 valence electrons. The lowest BCUT2D eigenvalue weighted by molar-refractivity contribution is -0.135. The quantitative estimate of drug-likeness (QED) is 0.595. The molecule has 1 aliphatic heterocycles. The maximum atomic E-state index is 13.1. The Balaban J connectivity index is 1.86. The number of ketones is 1. The van der Waals surface area contributed by atoms with E-state index in [1.807, 2.05) is 12.1 Å². The van der Waals surface area contributed by atoms with E-state index in [9.17, 15) is 14.7 Å². The molecule has 2 aromatic carbocycles. The normalized spacial score (nSPS) is 18.4. The van der Waals surface area contributed by atoms with Crippen molar-refractivity contribution in [2.24, 2.45) is 0 Å². The molecule has 0 radical (unpaired) electrons. The molecule has 0 saturated heterocycles. The number of amides is 1. The summed E-state index contributed by atoms with van der Waals surface area (Å²) < 4.78 is 0. The molecule has 0 bridgehead atoms. The van der Waals surface area contributed by atoms with Crippen molar-refractivity contribution in [3.8, 4) is 6.07 Å². The average Bonchev–Trinajstić information content (AvgIpc) is 2.89. The van der Waals surface area contributed by atoms with Crippen molar-refractivity contribution in [3.63, 3.8) is 0 Å². The van der Waals surface area contributed by atoms with Gasteiger partial charge in [0.15, 0.2) is 11.4 Å². The average molecular weight is 390 g/mol. The van der Waals surface area contributed by atoms with Gasteiger partial charge in [0.2, 0.25) is 0 Å². The number of anilines is 1. The third kappa shape index (κ3) is 3.94. The first kappa shape index (κ1) is 20.8. The highest BCUT2D eigenvalue weighted by Gasteiger charge is 2.50. The Kier molecular flexibility index (Phi) is 5.59. The highest BCUT2D eigenvalue weighted by atomic mass is 16.3. The van der Waals surface area contributed by atoms with E-state index in [1.165, 1.54) is 4.90 Å². The van der Waals surface area contributed by atoms with Gasteiger partial charge in [0.1, 0.15) is 0 Å². The van der Waals surface area contributed by atoms with E-state index in [0.717, 1.165) is 5.56 Å². The second-order valence-corrected chi connectivity index (χ2v) is 8.52. The fraction of sp³-hybridized carbons (Fsp3) is 0.375. The highest BCUT2D eigenvalue weighted by Crippen LogP contribution is 2.43. The fourth-order valence-corrected chi connectivity index (χ4v) is 3.71. The van der Waals surface area contributed by atoms with E-state index in [-0.39, 0.29) is 17.6 Å². The van der Waals surface area contributed by atoms with Gasteiger partial charge in [-0.2, -0.15) is 5.26 Å². The third-order valence-corrected chi connectivity index (χ3v) is 5.40. The largest absolute Gasteiger partial charge is 0.375 e. The summed E-state index contributed by atoms with van der Waals surface area (Å²) in [5.41, 5.74) is 0.724. The minimum atomic E-state index is -1.89. The van der Waals surface area contributed by atoms with Crippen LogP contribution in [-0.4, -0.2) is 23.3 Å². The Labute approximate surface area is 171 Å². The predicted octanol–water partition coefficient (Wildman–Crippen LogP) is 4.10. The number of nitrogens with zero attached hydrogens (tertiary/aromatic N) is 2. The summed E-state index contributed by atoms with van der Waals surface area (Å²) in [7, 11) is 0. The molecule has 5 heteroatoms. The Hall–Kier alpha value is -2.97. The number of unbranched alkanes of at least 4 members (excludes halogenated alkanes) is 1. The number of Topliss-reactive ketones (excluding diaryl/α,β-unsaturated/α-hetero) is 1. The first-order valence-corrected chi connectivity index (χ1v) is 9.83. The molecule has 1 heterocycles. The van der Waals surface area contributed by atoms with Crippen molar-refractivity contribution in [2.45, 2.75) is 51.0 Å². The lowest BCUT2D eigenvalue weighted by atomic mass is 9.85. The van der Waals surface area contributed by atoms with Crippen LogP contribution in [0.2, 0.25) is 0 Å². The van der Waals surface area contributed by atoms with Crippen molar-refractivity contribution in [1.29, 1.82) is 5.26 Å². The number of fused-ring (bicyclic) bond motifs is 1. The van der Waals surface area contributed by atoms with E-state index >= 15 is 0 Å². The third-order valence-electron chi connectivity index (χ3n) is 5.40. The molecule has 3 rings (SSSR count). The molecule has 1 atom stereocenters. The minimum absolute atomic E-state index is 0.0237. The number of hydrogen-bond acceptors (Lipinski definition) is 4. The molecule has 29 heavy (non-hydrogen) atoms. The van der Waals surface area contributed by atoms with Gasteiger partial charge in [-0.05, 0) is 23.5 Å². The number of rotatable bonds is 6. The van der Waals surface area contributed by atoms with Crippen molar-refractivity contribution in [1.82, 2.24) is 0 Å². The van der Waals surface area contributed by atoms with Crippen LogP contribution in [0.3, 0.4) is 0 Å². The first-order valence-electron chi connectivity index (χ1n) is 9.83. The Morgan fingerprint density at radius 3 is 2.41 bits per heavy atom. The van der Waals surface area contributed by atoms with Crippen molar-refractivity contribution in [2.75, 3.05) is 11.4 Å². The van der Waals surface area contributed by atoms with Gasteiger partial charge in [0.25, 0.3) is 5.91 Å². The van der Waals surface area contributed by atoms with Gasteiger partial charge in [-0.15, -0.1) is 0 Å². The number of carbonyl (C=O) groups is 2. The number of benzene rings is 2. The Morgan fingerprint density at radius 1 is 1.14 bits per heavy atom. The lowest BCUT2D eigenvalue weighted by Gasteiger charge is -2.23. The summed E-state index contributed by atoms with van der Waals surface area (Å²) in [5, 5.41) is 20.0. The summed E-state index contributed by atoms with van der Waals surface area (Å²) in [4.78, 5) is 27.5. The maximum Gasteiger partial charge on any atom is 0.264 e. The fourth-order valence-electron chi connectivity index (χ4n) is 3.71. The van der Waals surface area contributed by atoms with Gasteiger partial charge in [-0.3, -0.25) is 9.59 Å². The Morgan fingerprint density at radius 2 is 1.79 bits per heavy atom. The van der Waals surface area contributed by atoms with Gasteiger partial charge in [0, 0.05) is 24.1 Å². The second kappa shape index (κ2) is 7.81. The van der Waals surface area contributed by atoms with Crippen molar-refractivity contribution in [3.05, 3.63) is 65.2 Å². The smallest absolute Gasteiger partial charge is 0.264 e. The standard InChI is InChI=1S/C24H26N2O3/c1-23(2,3)18-12-10-17(11-13-18)21(27)16-24(29)19-8-4-5-9-20(19)26(22(24)28)15-7-6-14-25/h4-5,8-13,29H,6-7,15-16H2,1-3H3/t24-/m1/s1. The monoisotopic (exact) mass is 390 g/mol. The minimum Gasteiger partial charge on any atom is -0.375 e. The molecule has 1 aliphatic rings.